The predicted octanol–water partition coefficient (Wildman–Crippen LogP) is 10.6. The maximum absolute atomic E-state index is 6.15. The van der Waals surface area contributed by atoms with Crippen LogP contribution in [0.25, 0.3) is 44.5 Å². The Hall–Kier alpha value is -3.44. The van der Waals surface area contributed by atoms with Gasteiger partial charge in [-0.15, -0.1) is 35.9 Å². The number of hydrogen-bond donors (Lipinski definition) is 0. The first kappa shape index (κ1) is 35.9. The normalized spacial score (nSPS) is 13.8. The Morgan fingerprint density at radius 3 is 2.35 bits per heavy atom. The Bertz CT molecular complexity index is 1970. The van der Waals surface area contributed by atoms with Gasteiger partial charge in [-0.3, -0.25) is 0 Å². The van der Waals surface area contributed by atoms with Gasteiger partial charge in [0.05, 0.1) is 13.7 Å². The fourth-order valence-electron chi connectivity index (χ4n) is 7.10. The van der Waals surface area contributed by atoms with Gasteiger partial charge < -0.3 is 19.4 Å². The zero-order valence-corrected chi connectivity index (χ0v) is 32.8. The molecule has 1 radical (unpaired) electrons. The third-order valence-electron chi connectivity index (χ3n) is 9.78. The molecule has 0 N–H and O–H groups in total. The third-order valence-corrected chi connectivity index (χ3v) is 11.8. The molecule has 0 aliphatic heterocycles. The van der Waals surface area contributed by atoms with Gasteiger partial charge in [-0.05, 0) is 88.6 Å². The van der Waals surface area contributed by atoms with E-state index < -0.39 is 8.07 Å². The summed E-state index contributed by atoms with van der Waals surface area (Å²) in [5, 5.41) is 3.59. The van der Waals surface area contributed by atoms with E-state index in [4.69, 9.17) is 4.42 Å². The maximum Gasteiger partial charge on any atom is 0.121 e. The summed E-state index contributed by atoms with van der Waals surface area (Å²) in [5.41, 5.74) is 8.49. The molecule has 2 aromatic carbocycles. The SMILES string of the molecule is CC(C)(c1ccnc(-c2[c-]ncc3c2oc2ccccc23)c1)C1CCCC1.CC(C)Cc1cc(-c2[c-]cccc2)ncc1[Si](C)(C)C.[Ir]. The molecule has 251 valence electrons. The molecule has 0 unspecified atom stereocenters. The Kier molecular flexibility index (Phi) is 11.2. The van der Waals surface area contributed by atoms with Gasteiger partial charge in [-0.2, -0.15) is 0 Å². The fraction of sp³-hybridized carbons (Fsp3) is 0.357. The van der Waals surface area contributed by atoms with E-state index in [0.717, 1.165) is 56.8 Å². The van der Waals surface area contributed by atoms with Crippen molar-refractivity contribution < 1.29 is 24.5 Å². The average molecular weight is 830 g/mol. The summed E-state index contributed by atoms with van der Waals surface area (Å²) < 4.78 is 6.15. The van der Waals surface area contributed by atoms with E-state index in [-0.39, 0.29) is 25.5 Å². The topological polar surface area (TPSA) is 51.8 Å². The van der Waals surface area contributed by atoms with Crippen LogP contribution < -0.4 is 5.19 Å². The molecule has 0 spiro atoms. The average Bonchev–Trinajstić information content (AvgIpc) is 3.74. The summed E-state index contributed by atoms with van der Waals surface area (Å²) in [5.74, 6) is 1.40. The van der Waals surface area contributed by atoms with Crippen molar-refractivity contribution in [1.82, 2.24) is 15.0 Å². The quantitative estimate of drug-likeness (QED) is 0.119. The van der Waals surface area contributed by atoms with Crippen LogP contribution in [-0.4, -0.2) is 23.0 Å². The second-order valence-electron chi connectivity index (χ2n) is 15.1. The summed E-state index contributed by atoms with van der Waals surface area (Å²) in [4.78, 5) is 13.7. The number of furan rings is 1. The van der Waals surface area contributed by atoms with Crippen molar-refractivity contribution in [3.8, 4) is 22.5 Å². The van der Waals surface area contributed by atoms with Gasteiger partial charge in [0.1, 0.15) is 5.58 Å². The molecule has 6 aromatic rings. The largest absolute Gasteiger partial charge is 0.500 e. The minimum atomic E-state index is -1.34. The van der Waals surface area contributed by atoms with Crippen molar-refractivity contribution in [3.05, 3.63) is 109 Å². The molecule has 7 rings (SSSR count). The zero-order chi connectivity index (χ0) is 33.2. The van der Waals surface area contributed by atoms with Gasteiger partial charge in [0, 0.05) is 37.9 Å². The number of benzene rings is 2. The Balaban J connectivity index is 0.000000193. The summed E-state index contributed by atoms with van der Waals surface area (Å²) in [7, 11) is -1.34. The van der Waals surface area contributed by atoms with E-state index >= 15 is 0 Å². The standard InChI is InChI=1S/C24H23N2O.C18H24NSi.Ir/c1-24(2,16-7-3-4-8-16)17-11-12-26-21(13-17)20-15-25-14-19-18-9-5-6-10-22(18)27-23(19)20;1-14(2)11-16-12-17(15-9-7-6-8-10-15)19-13-18(16)20(3,4)5;/h5-6,9-14,16H,3-4,7-8H2,1-2H3;6-9,12-14H,11H2,1-5H3;/q2*-1;. The molecule has 6 heteroatoms. The number of pyridine rings is 3. The molecule has 1 fully saturated rings. The Labute approximate surface area is 301 Å². The van der Waals surface area contributed by atoms with Crippen LogP contribution in [0, 0.1) is 24.1 Å². The molecular formula is C42H47IrN3OSi-2. The first-order valence-corrected chi connectivity index (χ1v) is 20.6. The second-order valence-corrected chi connectivity index (χ2v) is 20.1. The van der Waals surface area contributed by atoms with E-state index in [9.17, 15) is 0 Å². The molecule has 1 aliphatic rings. The van der Waals surface area contributed by atoms with E-state index in [0.29, 0.717) is 5.92 Å². The minimum Gasteiger partial charge on any atom is -0.500 e. The van der Waals surface area contributed by atoms with E-state index in [2.05, 4.69) is 111 Å². The third kappa shape index (κ3) is 7.72. The first-order chi connectivity index (χ1) is 22.5. The zero-order valence-electron chi connectivity index (χ0n) is 29.4. The Morgan fingerprint density at radius 2 is 1.65 bits per heavy atom. The molecule has 48 heavy (non-hydrogen) atoms. The molecule has 4 aromatic heterocycles. The van der Waals surface area contributed by atoms with Crippen molar-refractivity contribution in [2.45, 2.75) is 84.9 Å². The summed E-state index contributed by atoms with van der Waals surface area (Å²) in [6, 6.07) is 26.1. The van der Waals surface area contributed by atoms with Crippen molar-refractivity contribution in [1.29, 1.82) is 0 Å². The molecule has 0 saturated heterocycles. The molecule has 4 nitrogen and oxygen atoms in total. The first-order valence-electron chi connectivity index (χ1n) is 17.1. The molecule has 0 atom stereocenters. The van der Waals surface area contributed by atoms with Crippen molar-refractivity contribution in [3.63, 3.8) is 0 Å². The number of para-hydroxylation sites is 1. The van der Waals surface area contributed by atoms with Gasteiger partial charge in [0.15, 0.2) is 0 Å². The smallest absolute Gasteiger partial charge is 0.121 e. The molecule has 0 bridgehead atoms. The summed E-state index contributed by atoms with van der Waals surface area (Å²) in [6.07, 6.45) is 15.4. The van der Waals surface area contributed by atoms with Gasteiger partial charge in [0.2, 0.25) is 0 Å². The molecule has 1 saturated carbocycles. The Morgan fingerprint density at radius 1 is 0.896 bits per heavy atom. The van der Waals surface area contributed by atoms with Crippen LogP contribution in [0.2, 0.25) is 19.6 Å². The monoisotopic (exact) mass is 830 g/mol. The maximum atomic E-state index is 6.15. The predicted molar refractivity (Wildman–Crippen MR) is 199 cm³/mol. The van der Waals surface area contributed by atoms with Gasteiger partial charge >= 0.3 is 0 Å². The summed E-state index contributed by atoms with van der Waals surface area (Å²) in [6.45, 7) is 16.5. The van der Waals surface area contributed by atoms with Crippen LogP contribution in [0.15, 0.2) is 89.7 Å². The summed E-state index contributed by atoms with van der Waals surface area (Å²) >= 11 is 0. The molecular weight excluding hydrogens is 783 g/mol. The molecule has 4 heterocycles. The minimum absolute atomic E-state index is 0. The van der Waals surface area contributed by atoms with Crippen molar-refractivity contribution in [2.75, 3.05) is 0 Å². The van der Waals surface area contributed by atoms with Gasteiger partial charge in [-0.1, -0.05) is 102 Å². The number of nitrogens with zero attached hydrogens (tertiary/aromatic N) is 3. The number of rotatable bonds is 7. The fourth-order valence-corrected chi connectivity index (χ4v) is 8.69. The van der Waals surface area contributed by atoms with Gasteiger partial charge in [-0.25, -0.2) is 0 Å². The van der Waals surface area contributed by atoms with Crippen LogP contribution in [0.4, 0.5) is 0 Å². The van der Waals surface area contributed by atoms with Crippen LogP contribution in [0.5, 0.6) is 0 Å². The molecule has 1 aliphatic carbocycles. The van der Waals surface area contributed by atoms with Crippen molar-refractivity contribution >= 4 is 35.2 Å². The number of hydrogen-bond acceptors (Lipinski definition) is 4. The number of fused-ring (bicyclic) bond motifs is 3. The van der Waals surface area contributed by atoms with Crippen LogP contribution in [0.3, 0.4) is 0 Å². The van der Waals surface area contributed by atoms with Gasteiger partial charge in [0.25, 0.3) is 0 Å². The number of aromatic nitrogens is 3. The molecule has 0 amide bonds. The van der Waals surface area contributed by atoms with E-state index in [1.165, 1.54) is 42.0 Å². The second kappa shape index (κ2) is 15.0. The van der Waals surface area contributed by atoms with Crippen LogP contribution in [0.1, 0.15) is 64.5 Å². The van der Waals surface area contributed by atoms with Crippen LogP contribution in [-0.2, 0) is 31.9 Å². The van der Waals surface area contributed by atoms with Crippen molar-refractivity contribution in [2.24, 2.45) is 11.8 Å². The van der Waals surface area contributed by atoms with Crippen LogP contribution >= 0.6 is 0 Å². The van der Waals surface area contributed by atoms with E-state index in [1.54, 1.807) is 0 Å². The van der Waals surface area contributed by atoms with E-state index in [1.807, 2.05) is 48.8 Å².